The van der Waals surface area contributed by atoms with Crippen molar-refractivity contribution >= 4 is 0 Å². The number of hydrogen-bond acceptors (Lipinski definition) is 3. The maximum absolute atomic E-state index is 5.45. The van der Waals surface area contributed by atoms with Gasteiger partial charge in [-0.25, -0.2) is 0 Å². The molecular weight excluding hydrogens is 188 g/mol. The molecule has 0 radical (unpaired) electrons. The molecule has 0 aliphatic rings. The van der Waals surface area contributed by atoms with Crippen LogP contribution in [0.1, 0.15) is 34.1 Å². The van der Waals surface area contributed by atoms with Crippen LogP contribution in [-0.4, -0.2) is 50.3 Å². The summed E-state index contributed by atoms with van der Waals surface area (Å²) in [4.78, 5) is 2.47. The largest absolute Gasteiger partial charge is 0.377 e. The third-order valence-electron chi connectivity index (χ3n) is 2.32. The predicted octanol–water partition coefficient (Wildman–Crippen LogP) is 1.73. The van der Waals surface area contributed by atoms with E-state index < -0.39 is 0 Å². The normalized spacial score (nSPS) is 11.6. The van der Waals surface area contributed by atoms with E-state index in [1.807, 2.05) is 0 Å². The molecule has 0 heterocycles. The Labute approximate surface area is 95.2 Å². The smallest absolute Gasteiger partial charge is 0.0594 e. The average molecular weight is 216 g/mol. The van der Waals surface area contributed by atoms with E-state index in [9.17, 15) is 0 Å². The van der Waals surface area contributed by atoms with Crippen LogP contribution in [0.3, 0.4) is 0 Å². The van der Waals surface area contributed by atoms with Gasteiger partial charge in [-0.15, -0.1) is 0 Å². The summed E-state index contributed by atoms with van der Waals surface area (Å²) in [5, 5.41) is 3.40. The van der Waals surface area contributed by atoms with E-state index in [0.29, 0.717) is 6.10 Å². The lowest BCUT2D eigenvalue weighted by molar-refractivity contribution is 0.0805. The number of nitrogens with one attached hydrogen (secondary N) is 1. The van der Waals surface area contributed by atoms with Gasteiger partial charge < -0.3 is 15.0 Å². The van der Waals surface area contributed by atoms with Crippen LogP contribution in [0.15, 0.2) is 0 Å². The van der Waals surface area contributed by atoms with Gasteiger partial charge in [0.05, 0.1) is 12.7 Å². The maximum Gasteiger partial charge on any atom is 0.0594 e. The lowest BCUT2D eigenvalue weighted by Gasteiger charge is -2.19. The van der Waals surface area contributed by atoms with E-state index in [-0.39, 0.29) is 0 Å². The molecule has 0 fully saturated rings. The fourth-order valence-electron chi connectivity index (χ4n) is 1.47. The van der Waals surface area contributed by atoms with Crippen molar-refractivity contribution in [1.29, 1.82) is 0 Å². The van der Waals surface area contributed by atoms with Crippen molar-refractivity contribution in [2.45, 2.75) is 40.2 Å². The van der Waals surface area contributed by atoms with E-state index in [0.717, 1.165) is 32.8 Å². The summed E-state index contributed by atoms with van der Waals surface area (Å²) < 4.78 is 5.45. The number of ether oxygens (including phenoxy) is 1. The molecule has 0 unspecified atom stereocenters. The summed E-state index contributed by atoms with van der Waals surface area (Å²) in [7, 11) is 0. The Hall–Kier alpha value is -0.120. The summed E-state index contributed by atoms with van der Waals surface area (Å²) >= 11 is 0. The van der Waals surface area contributed by atoms with Crippen LogP contribution in [0.25, 0.3) is 0 Å². The summed E-state index contributed by atoms with van der Waals surface area (Å²) in [5.41, 5.74) is 0. The molecule has 0 aromatic heterocycles. The molecule has 15 heavy (non-hydrogen) atoms. The molecule has 0 saturated heterocycles. The Bertz CT molecular complexity index is 129. The van der Waals surface area contributed by atoms with Crippen LogP contribution in [0, 0.1) is 0 Å². The molecule has 0 amide bonds. The first-order chi connectivity index (χ1) is 7.20. The second-order valence-electron chi connectivity index (χ2n) is 4.10. The van der Waals surface area contributed by atoms with Crippen LogP contribution in [-0.2, 0) is 4.74 Å². The van der Waals surface area contributed by atoms with Gasteiger partial charge in [0, 0.05) is 19.6 Å². The van der Waals surface area contributed by atoms with Crippen molar-refractivity contribution in [2.75, 3.05) is 39.3 Å². The van der Waals surface area contributed by atoms with Crippen molar-refractivity contribution in [3.8, 4) is 0 Å². The Morgan fingerprint density at radius 1 is 1.13 bits per heavy atom. The highest BCUT2D eigenvalue weighted by molar-refractivity contribution is 4.57. The first-order valence-electron chi connectivity index (χ1n) is 6.25. The van der Waals surface area contributed by atoms with Gasteiger partial charge in [-0.3, -0.25) is 0 Å². The van der Waals surface area contributed by atoms with Gasteiger partial charge in [0.1, 0.15) is 0 Å². The Balaban J connectivity index is 3.21. The second kappa shape index (κ2) is 10.4. The zero-order chi connectivity index (χ0) is 11.5. The molecule has 0 aliphatic carbocycles. The SMILES string of the molecule is CCCN(CC)CCNCCOC(C)C. The highest BCUT2D eigenvalue weighted by Gasteiger charge is 1.99. The fraction of sp³-hybridized carbons (Fsp3) is 1.00. The zero-order valence-corrected chi connectivity index (χ0v) is 10.9. The van der Waals surface area contributed by atoms with E-state index >= 15 is 0 Å². The molecule has 0 rings (SSSR count). The first kappa shape index (κ1) is 14.9. The topological polar surface area (TPSA) is 24.5 Å². The summed E-state index contributed by atoms with van der Waals surface area (Å²) in [6.45, 7) is 14.9. The lowest BCUT2D eigenvalue weighted by atomic mass is 10.4. The van der Waals surface area contributed by atoms with Crippen LogP contribution in [0.4, 0.5) is 0 Å². The molecule has 0 saturated carbocycles. The van der Waals surface area contributed by atoms with Gasteiger partial charge in [0.15, 0.2) is 0 Å². The summed E-state index contributed by atoms with van der Waals surface area (Å²) in [6, 6.07) is 0. The molecule has 0 bridgehead atoms. The number of likely N-dealkylation sites (N-methyl/N-ethyl adjacent to an activating group) is 1. The number of hydrogen-bond donors (Lipinski definition) is 1. The minimum atomic E-state index is 0.346. The summed E-state index contributed by atoms with van der Waals surface area (Å²) in [6.07, 6.45) is 1.59. The van der Waals surface area contributed by atoms with Gasteiger partial charge >= 0.3 is 0 Å². The quantitative estimate of drug-likeness (QED) is 0.563. The standard InChI is InChI=1S/C12H28N2O/c1-5-9-14(6-2)10-7-13-8-11-15-12(3)4/h12-13H,5-11H2,1-4H3. The number of rotatable bonds is 10. The fourth-order valence-corrected chi connectivity index (χ4v) is 1.47. The Kier molecular flexibility index (Phi) is 10.3. The molecule has 3 nitrogen and oxygen atoms in total. The average Bonchev–Trinajstić information content (AvgIpc) is 2.21. The third-order valence-corrected chi connectivity index (χ3v) is 2.32. The van der Waals surface area contributed by atoms with Gasteiger partial charge in [-0.1, -0.05) is 13.8 Å². The molecule has 1 N–H and O–H groups in total. The molecule has 0 aromatic carbocycles. The molecule has 0 aliphatic heterocycles. The highest BCUT2D eigenvalue weighted by atomic mass is 16.5. The molecule has 0 aromatic rings. The molecule has 0 atom stereocenters. The van der Waals surface area contributed by atoms with Crippen LogP contribution >= 0.6 is 0 Å². The second-order valence-corrected chi connectivity index (χ2v) is 4.10. The Morgan fingerprint density at radius 3 is 2.40 bits per heavy atom. The number of nitrogens with zero attached hydrogens (tertiary/aromatic N) is 1. The van der Waals surface area contributed by atoms with Crippen molar-refractivity contribution in [2.24, 2.45) is 0 Å². The van der Waals surface area contributed by atoms with Crippen LogP contribution in [0.2, 0.25) is 0 Å². The molecule has 3 heteroatoms. The summed E-state index contributed by atoms with van der Waals surface area (Å²) in [5.74, 6) is 0. The monoisotopic (exact) mass is 216 g/mol. The van der Waals surface area contributed by atoms with E-state index in [1.165, 1.54) is 13.0 Å². The maximum atomic E-state index is 5.45. The van der Waals surface area contributed by atoms with Crippen molar-refractivity contribution in [3.63, 3.8) is 0 Å². The van der Waals surface area contributed by atoms with Crippen LogP contribution < -0.4 is 5.32 Å². The lowest BCUT2D eigenvalue weighted by Crippen LogP contribution is -2.34. The van der Waals surface area contributed by atoms with E-state index in [2.05, 4.69) is 37.9 Å². The van der Waals surface area contributed by atoms with Crippen molar-refractivity contribution in [3.05, 3.63) is 0 Å². The van der Waals surface area contributed by atoms with Crippen LogP contribution in [0.5, 0.6) is 0 Å². The van der Waals surface area contributed by atoms with Gasteiger partial charge in [0.2, 0.25) is 0 Å². The highest BCUT2D eigenvalue weighted by Crippen LogP contribution is 1.89. The minimum Gasteiger partial charge on any atom is -0.377 e. The van der Waals surface area contributed by atoms with Gasteiger partial charge in [0.25, 0.3) is 0 Å². The molecule has 92 valence electrons. The van der Waals surface area contributed by atoms with Gasteiger partial charge in [-0.2, -0.15) is 0 Å². The Morgan fingerprint density at radius 2 is 1.87 bits per heavy atom. The first-order valence-corrected chi connectivity index (χ1v) is 6.25. The predicted molar refractivity (Wildman–Crippen MR) is 66.4 cm³/mol. The third kappa shape index (κ3) is 10.2. The zero-order valence-electron chi connectivity index (χ0n) is 10.9. The van der Waals surface area contributed by atoms with Crippen molar-refractivity contribution in [1.82, 2.24) is 10.2 Å². The molecular formula is C12H28N2O. The molecule has 0 spiro atoms. The van der Waals surface area contributed by atoms with E-state index in [1.54, 1.807) is 0 Å². The van der Waals surface area contributed by atoms with E-state index in [4.69, 9.17) is 4.74 Å². The minimum absolute atomic E-state index is 0.346. The van der Waals surface area contributed by atoms with Gasteiger partial charge in [-0.05, 0) is 33.4 Å². The van der Waals surface area contributed by atoms with Crippen molar-refractivity contribution < 1.29 is 4.74 Å².